The van der Waals surface area contributed by atoms with Gasteiger partial charge in [0.2, 0.25) is 26.0 Å². The first-order chi connectivity index (χ1) is 15.5. The van der Waals surface area contributed by atoms with E-state index in [4.69, 9.17) is 4.74 Å². The first-order valence-electron chi connectivity index (χ1n) is 10.5. The second kappa shape index (κ2) is 8.30. The van der Waals surface area contributed by atoms with Crippen LogP contribution in [0.15, 0.2) is 53.4 Å². The number of para-hydroxylation sites is 2. The number of hydrogen-bond acceptors (Lipinski definition) is 7. The molecule has 2 aromatic carbocycles. The molecule has 9 nitrogen and oxygen atoms in total. The van der Waals surface area contributed by atoms with Crippen molar-refractivity contribution in [2.75, 3.05) is 48.2 Å². The van der Waals surface area contributed by atoms with Crippen molar-refractivity contribution in [2.45, 2.75) is 18.7 Å². The number of hydrogen-bond donors (Lipinski definition) is 0. The van der Waals surface area contributed by atoms with Crippen molar-refractivity contribution in [3.05, 3.63) is 48.5 Å². The lowest BCUT2D eigenvalue weighted by Gasteiger charge is -2.36. The highest BCUT2D eigenvalue weighted by Crippen LogP contribution is 2.36. The van der Waals surface area contributed by atoms with Crippen molar-refractivity contribution in [3.63, 3.8) is 0 Å². The number of anilines is 2. The summed E-state index contributed by atoms with van der Waals surface area (Å²) in [5.74, 6) is -0.0698. The topological polar surface area (TPSA) is 104 Å². The third kappa shape index (κ3) is 4.20. The first-order valence-corrected chi connectivity index (χ1v) is 13.6. The summed E-state index contributed by atoms with van der Waals surface area (Å²) in [5, 5.41) is 0. The molecule has 2 saturated heterocycles. The minimum Gasteiger partial charge on any atom is -0.495 e. The highest BCUT2D eigenvalue weighted by Gasteiger charge is 2.50. The van der Waals surface area contributed by atoms with E-state index in [1.54, 1.807) is 21.0 Å². The van der Waals surface area contributed by atoms with Gasteiger partial charge in [0.05, 0.1) is 34.5 Å². The van der Waals surface area contributed by atoms with Crippen molar-refractivity contribution >= 4 is 37.3 Å². The lowest BCUT2D eigenvalue weighted by atomic mass is 9.95. The van der Waals surface area contributed by atoms with Crippen molar-refractivity contribution in [1.29, 1.82) is 0 Å². The van der Waals surface area contributed by atoms with Gasteiger partial charge in [-0.1, -0.05) is 12.1 Å². The Bertz CT molecular complexity index is 1270. The van der Waals surface area contributed by atoms with Crippen LogP contribution in [0.5, 0.6) is 5.75 Å². The van der Waals surface area contributed by atoms with Gasteiger partial charge < -0.3 is 9.64 Å². The molecule has 0 radical (unpaired) electrons. The molecule has 2 aromatic rings. The molecule has 33 heavy (non-hydrogen) atoms. The Morgan fingerprint density at radius 3 is 2.09 bits per heavy atom. The number of piperazine rings is 1. The van der Waals surface area contributed by atoms with Crippen molar-refractivity contribution in [1.82, 2.24) is 4.31 Å². The molecule has 0 N–H and O–H groups in total. The molecular weight excluding hydrogens is 466 g/mol. The Balaban J connectivity index is 1.50. The van der Waals surface area contributed by atoms with Gasteiger partial charge in [0.1, 0.15) is 5.75 Å². The molecule has 0 aliphatic carbocycles. The average molecular weight is 494 g/mol. The number of sulfonamides is 2. The Labute approximate surface area is 194 Å². The number of ether oxygens (including phenoxy) is 1. The predicted molar refractivity (Wildman–Crippen MR) is 125 cm³/mol. The molecule has 4 rings (SSSR count). The van der Waals surface area contributed by atoms with E-state index < -0.39 is 31.4 Å². The SMILES string of the molecule is COc1ccccc1N1CCN(S(=O)(=O)c2ccc(N3C(=O)C(C)(C)CS3(=O)=O)cc2)CC1. The lowest BCUT2D eigenvalue weighted by molar-refractivity contribution is -0.123. The van der Waals surface area contributed by atoms with E-state index in [0.29, 0.717) is 26.2 Å². The average Bonchev–Trinajstić information content (AvgIpc) is 2.95. The number of benzene rings is 2. The molecule has 0 spiro atoms. The third-order valence-electron chi connectivity index (χ3n) is 5.96. The van der Waals surface area contributed by atoms with E-state index in [-0.39, 0.29) is 16.3 Å². The zero-order valence-corrected chi connectivity index (χ0v) is 20.4. The Morgan fingerprint density at radius 2 is 1.55 bits per heavy atom. The summed E-state index contributed by atoms with van der Waals surface area (Å²) < 4.78 is 58.9. The number of carbonyl (C=O) groups is 1. The van der Waals surface area contributed by atoms with Crippen LogP contribution < -0.4 is 13.9 Å². The maximum Gasteiger partial charge on any atom is 0.247 e. The maximum absolute atomic E-state index is 13.2. The fraction of sp³-hybridized carbons (Fsp3) is 0.409. The molecule has 0 bridgehead atoms. The van der Waals surface area contributed by atoms with E-state index in [0.717, 1.165) is 15.7 Å². The summed E-state index contributed by atoms with van der Waals surface area (Å²) in [4.78, 5) is 14.7. The van der Waals surface area contributed by atoms with Crippen LogP contribution in [0.3, 0.4) is 0 Å². The number of carbonyl (C=O) groups excluding carboxylic acids is 1. The molecule has 0 unspecified atom stereocenters. The van der Waals surface area contributed by atoms with Gasteiger partial charge in [-0.25, -0.2) is 21.1 Å². The fourth-order valence-electron chi connectivity index (χ4n) is 4.22. The quantitative estimate of drug-likeness (QED) is 0.627. The third-order valence-corrected chi connectivity index (χ3v) is 9.89. The van der Waals surface area contributed by atoms with E-state index in [1.807, 2.05) is 24.3 Å². The lowest BCUT2D eigenvalue weighted by Crippen LogP contribution is -2.48. The molecule has 2 heterocycles. The normalized spacial score (nSPS) is 20.8. The van der Waals surface area contributed by atoms with Gasteiger partial charge in [-0.05, 0) is 50.2 Å². The van der Waals surface area contributed by atoms with Gasteiger partial charge in [-0.15, -0.1) is 0 Å². The monoisotopic (exact) mass is 493 g/mol. The summed E-state index contributed by atoms with van der Waals surface area (Å²) >= 11 is 0. The Kier molecular flexibility index (Phi) is 5.92. The molecule has 11 heteroatoms. The molecule has 178 valence electrons. The number of methoxy groups -OCH3 is 1. The van der Waals surface area contributed by atoms with E-state index >= 15 is 0 Å². The summed E-state index contributed by atoms with van der Waals surface area (Å²) in [6, 6.07) is 13.0. The Morgan fingerprint density at radius 1 is 0.939 bits per heavy atom. The van der Waals surface area contributed by atoms with Crippen molar-refractivity contribution in [3.8, 4) is 5.75 Å². The van der Waals surface area contributed by atoms with E-state index in [9.17, 15) is 21.6 Å². The number of rotatable bonds is 5. The molecule has 0 aromatic heterocycles. The highest BCUT2D eigenvalue weighted by atomic mass is 32.2. The summed E-state index contributed by atoms with van der Waals surface area (Å²) in [5.41, 5.74) is 0.0383. The number of nitrogens with zero attached hydrogens (tertiary/aromatic N) is 3. The minimum absolute atomic E-state index is 0.0558. The van der Waals surface area contributed by atoms with Crippen LogP contribution >= 0.6 is 0 Å². The van der Waals surface area contributed by atoms with Gasteiger partial charge >= 0.3 is 0 Å². The zero-order chi connectivity index (χ0) is 24.0. The molecule has 2 aliphatic heterocycles. The molecule has 2 fully saturated rings. The standard InChI is InChI=1S/C22H27N3O6S2/c1-22(2)16-32(27,28)25(21(22)26)17-8-10-18(11-9-17)33(29,30)24-14-12-23(13-15-24)19-6-4-5-7-20(19)31-3/h4-11H,12-16H2,1-3H3. The summed E-state index contributed by atoms with van der Waals surface area (Å²) in [6.45, 7) is 4.78. The predicted octanol–water partition coefficient (Wildman–Crippen LogP) is 1.91. The van der Waals surface area contributed by atoms with Crippen LogP contribution in [0.2, 0.25) is 0 Å². The van der Waals surface area contributed by atoms with Gasteiger partial charge in [-0.2, -0.15) is 4.31 Å². The van der Waals surface area contributed by atoms with Crippen LogP contribution in [0.25, 0.3) is 0 Å². The fourth-order valence-corrected chi connectivity index (χ4v) is 7.75. The zero-order valence-electron chi connectivity index (χ0n) is 18.8. The van der Waals surface area contributed by atoms with Crippen LogP contribution in [0, 0.1) is 5.41 Å². The van der Waals surface area contributed by atoms with Crippen LogP contribution in [0.4, 0.5) is 11.4 Å². The first kappa shape index (κ1) is 23.5. The molecule has 0 atom stereocenters. The largest absolute Gasteiger partial charge is 0.495 e. The summed E-state index contributed by atoms with van der Waals surface area (Å²) in [7, 11) is -5.96. The second-order valence-electron chi connectivity index (χ2n) is 8.77. The second-order valence-corrected chi connectivity index (χ2v) is 12.5. The number of amides is 1. The van der Waals surface area contributed by atoms with Crippen molar-refractivity contribution < 1.29 is 26.4 Å². The minimum atomic E-state index is -3.80. The molecule has 1 amide bonds. The summed E-state index contributed by atoms with van der Waals surface area (Å²) in [6.07, 6.45) is 0. The van der Waals surface area contributed by atoms with Gasteiger partial charge in [0.15, 0.2) is 0 Å². The van der Waals surface area contributed by atoms with E-state index in [2.05, 4.69) is 4.90 Å². The molecule has 2 aliphatic rings. The van der Waals surface area contributed by atoms with Crippen molar-refractivity contribution in [2.24, 2.45) is 5.41 Å². The van der Waals surface area contributed by atoms with Gasteiger partial charge in [0.25, 0.3) is 0 Å². The van der Waals surface area contributed by atoms with E-state index in [1.165, 1.54) is 28.6 Å². The Hall–Kier alpha value is -2.63. The highest BCUT2D eigenvalue weighted by molar-refractivity contribution is 7.94. The smallest absolute Gasteiger partial charge is 0.247 e. The van der Waals surface area contributed by atoms with Gasteiger partial charge in [-0.3, -0.25) is 4.79 Å². The van der Waals surface area contributed by atoms with Gasteiger partial charge in [0, 0.05) is 26.2 Å². The maximum atomic E-state index is 13.2. The molecular formula is C22H27N3O6S2. The van der Waals surface area contributed by atoms with Crippen LogP contribution in [0.1, 0.15) is 13.8 Å². The molecule has 0 saturated carbocycles. The van der Waals surface area contributed by atoms with Crippen LogP contribution in [-0.2, 0) is 24.8 Å². The van der Waals surface area contributed by atoms with Crippen LogP contribution in [-0.4, -0.2) is 66.1 Å².